The minimum absolute atomic E-state index is 0.254. The molecule has 0 radical (unpaired) electrons. The molecule has 6 nitrogen and oxygen atoms in total. The number of para-hydroxylation sites is 1. The molecule has 0 aromatic heterocycles. The SMILES string of the molecule is N#C/C(=C/NC(=O)c1ccccc1N)C(=O)Nc1ccc(Cl)cc1. The third-order valence-electron chi connectivity index (χ3n) is 3.02. The molecule has 0 saturated carbocycles. The van der Waals surface area contributed by atoms with Crippen molar-refractivity contribution in [1.29, 1.82) is 5.26 Å². The highest BCUT2D eigenvalue weighted by Gasteiger charge is 2.12. The van der Waals surface area contributed by atoms with E-state index in [0.29, 0.717) is 16.4 Å². The largest absolute Gasteiger partial charge is 0.398 e. The monoisotopic (exact) mass is 340 g/mol. The number of carbonyl (C=O) groups is 2. The van der Waals surface area contributed by atoms with Crippen LogP contribution < -0.4 is 16.4 Å². The number of nitrogens with zero attached hydrogens (tertiary/aromatic N) is 1. The highest BCUT2D eigenvalue weighted by Crippen LogP contribution is 2.14. The van der Waals surface area contributed by atoms with E-state index in [0.717, 1.165) is 6.20 Å². The number of nitrogen functional groups attached to an aromatic ring is 1. The van der Waals surface area contributed by atoms with Crippen LogP contribution in [0.1, 0.15) is 10.4 Å². The molecule has 0 unspecified atom stereocenters. The van der Waals surface area contributed by atoms with Crippen LogP contribution in [0.2, 0.25) is 5.02 Å². The third kappa shape index (κ3) is 4.35. The minimum atomic E-state index is -0.652. The lowest BCUT2D eigenvalue weighted by Crippen LogP contribution is -2.22. The van der Waals surface area contributed by atoms with Crippen molar-refractivity contribution in [2.24, 2.45) is 0 Å². The number of nitriles is 1. The number of hydrogen-bond donors (Lipinski definition) is 3. The van der Waals surface area contributed by atoms with Crippen LogP contribution in [0.15, 0.2) is 60.3 Å². The summed E-state index contributed by atoms with van der Waals surface area (Å²) in [5.41, 5.74) is 6.47. The van der Waals surface area contributed by atoms with E-state index in [9.17, 15) is 9.59 Å². The van der Waals surface area contributed by atoms with Gasteiger partial charge < -0.3 is 16.4 Å². The van der Waals surface area contributed by atoms with E-state index >= 15 is 0 Å². The Morgan fingerprint density at radius 1 is 1.12 bits per heavy atom. The Balaban J connectivity index is 2.07. The number of nitrogens with two attached hydrogens (primary N) is 1. The maximum Gasteiger partial charge on any atom is 0.267 e. The summed E-state index contributed by atoms with van der Waals surface area (Å²) in [6, 6.07) is 14.6. The Morgan fingerprint density at radius 3 is 2.42 bits per heavy atom. The van der Waals surface area contributed by atoms with Crippen molar-refractivity contribution in [3.63, 3.8) is 0 Å². The van der Waals surface area contributed by atoms with Crippen molar-refractivity contribution in [3.05, 3.63) is 70.9 Å². The van der Waals surface area contributed by atoms with Gasteiger partial charge in [-0.3, -0.25) is 9.59 Å². The number of benzene rings is 2. The van der Waals surface area contributed by atoms with E-state index in [4.69, 9.17) is 22.6 Å². The van der Waals surface area contributed by atoms with Gasteiger partial charge in [-0.25, -0.2) is 0 Å². The molecule has 0 atom stereocenters. The molecule has 2 amide bonds. The fraction of sp³-hybridized carbons (Fsp3) is 0. The van der Waals surface area contributed by atoms with Gasteiger partial charge in [-0.2, -0.15) is 5.26 Å². The maximum absolute atomic E-state index is 12.0. The standard InChI is InChI=1S/C17H13ClN4O2/c18-12-5-7-13(8-6-12)22-16(23)11(9-19)10-21-17(24)14-3-1-2-4-15(14)20/h1-8,10H,20H2,(H,21,24)(H,22,23)/b11-10-. The first-order chi connectivity index (χ1) is 11.5. The second kappa shape index (κ2) is 7.81. The van der Waals surface area contributed by atoms with Gasteiger partial charge in [-0.1, -0.05) is 23.7 Å². The first-order valence-corrected chi connectivity index (χ1v) is 7.21. The molecule has 0 bridgehead atoms. The Labute approximate surface area is 143 Å². The lowest BCUT2D eigenvalue weighted by Gasteiger charge is -2.06. The number of rotatable bonds is 4. The zero-order valence-corrected chi connectivity index (χ0v) is 13.2. The normalized spacial score (nSPS) is 10.6. The van der Waals surface area contributed by atoms with Crippen LogP contribution in [-0.4, -0.2) is 11.8 Å². The van der Waals surface area contributed by atoms with Gasteiger partial charge in [0.25, 0.3) is 11.8 Å². The number of nitrogens with one attached hydrogen (secondary N) is 2. The number of anilines is 2. The molecular weight excluding hydrogens is 328 g/mol. The molecule has 120 valence electrons. The Bertz CT molecular complexity index is 838. The molecule has 0 aliphatic rings. The summed E-state index contributed by atoms with van der Waals surface area (Å²) >= 11 is 5.76. The first kappa shape index (κ1) is 17.1. The van der Waals surface area contributed by atoms with Gasteiger partial charge in [0.05, 0.1) is 5.56 Å². The van der Waals surface area contributed by atoms with Gasteiger partial charge in [0.1, 0.15) is 11.6 Å². The fourth-order valence-electron chi connectivity index (χ4n) is 1.80. The van der Waals surface area contributed by atoms with Crippen molar-refractivity contribution < 1.29 is 9.59 Å². The van der Waals surface area contributed by atoms with Crippen LogP contribution in [0.4, 0.5) is 11.4 Å². The van der Waals surface area contributed by atoms with E-state index < -0.39 is 11.8 Å². The van der Waals surface area contributed by atoms with Gasteiger partial charge in [0, 0.05) is 22.6 Å². The number of hydrogen-bond acceptors (Lipinski definition) is 4. The van der Waals surface area contributed by atoms with Crippen molar-refractivity contribution >= 4 is 34.8 Å². The van der Waals surface area contributed by atoms with E-state index in [1.54, 1.807) is 54.6 Å². The van der Waals surface area contributed by atoms with E-state index in [-0.39, 0.29) is 11.1 Å². The Morgan fingerprint density at radius 2 is 1.79 bits per heavy atom. The minimum Gasteiger partial charge on any atom is -0.398 e. The highest BCUT2D eigenvalue weighted by molar-refractivity contribution is 6.30. The molecule has 0 heterocycles. The molecule has 7 heteroatoms. The maximum atomic E-state index is 12.0. The Hall–Kier alpha value is -3.30. The molecule has 4 N–H and O–H groups in total. The summed E-state index contributed by atoms with van der Waals surface area (Å²) in [5.74, 6) is -1.17. The van der Waals surface area contributed by atoms with E-state index in [2.05, 4.69) is 10.6 Å². The summed E-state index contributed by atoms with van der Waals surface area (Å²) in [5, 5.41) is 14.5. The average molecular weight is 341 g/mol. The summed E-state index contributed by atoms with van der Waals surface area (Å²) in [4.78, 5) is 24.0. The van der Waals surface area contributed by atoms with Crippen LogP contribution in [0, 0.1) is 11.3 Å². The molecule has 0 aliphatic heterocycles. The molecule has 0 aliphatic carbocycles. The molecule has 0 saturated heterocycles. The zero-order chi connectivity index (χ0) is 17.5. The smallest absolute Gasteiger partial charge is 0.267 e. The van der Waals surface area contributed by atoms with Crippen molar-refractivity contribution in [1.82, 2.24) is 5.32 Å². The summed E-state index contributed by atoms with van der Waals surface area (Å²) in [6.07, 6.45) is 1.04. The van der Waals surface area contributed by atoms with Gasteiger partial charge in [-0.15, -0.1) is 0 Å². The van der Waals surface area contributed by atoms with Crippen LogP contribution in [0.25, 0.3) is 0 Å². The van der Waals surface area contributed by atoms with Crippen molar-refractivity contribution in [2.45, 2.75) is 0 Å². The lowest BCUT2D eigenvalue weighted by atomic mass is 10.1. The zero-order valence-electron chi connectivity index (χ0n) is 12.4. The van der Waals surface area contributed by atoms with Crippen LogP contribution in [0.3, 0.4) is 0 Å². The van der Waals surface area contributed by atoms with Crippen LogP contribution >= 0.6 is 11.6 Å². The van der Waals surface area contributed by atoms with Crippen LogP contribution in [-0.2, 0) is 4.79 Å². The third-order valence-corrected chi connectivity index (χ3v) is 3.27. The summed E-state index contributed by atoms with van der Waals surface area (Å²) < 4.78 is 0. The highest BCUT2D eigenvalue weighted by atomic mass is 35.5. The number of carbonyl (C=O) groups excluding carboxylic acids is 2. The average Bonchev–Trinajstić information content (AvgIpc) is 2.57. The predicted octanol–water partition coefficient (Wildman–Crippen LogP) is 2.70. The van der Waals surface area contributed by atoms with Crippen LogP contribution in [0.5, 0.6) is 0 Å². The van der Waals surface area contributed by atoms with Gasteiger partial charge in [-0.05, 0) is 36.4 Å². The van der Waals surface area contributed by atoms with Gasteiger partial charge in [0.2, 0.25) is 0 Å². The summed E-state index contributed by atoms with van der Waals surface area (Å²) in [7, 11) is 0. The Kier molecular flexibility index (Phi) is 5.55. The molecule has 2 aromatic carbocycles. The number of amides is 2. The second-order valence-electron chi connectivity index (χ2n) is 4.69. The van der Waals surface area contributed by atoms with E-state index in [1.165, 1.54) is 0 Å². The molecule has 2 rings (SSSR count). The van der Waals surface area contributed by atoms with E-state index in [1.807, 2.05) is 0 Å². The topological polar surface area (TPSA) is 108 Å². The molecule has 24 heavy (non-hydrogen) atoms. The lowest BCUT2D eigenvalue weighted by molar-refractivity contribution is -0.112. The van der Waals surface area contributed by atoms with Gasteiger partial charge >= 0.3 is 0 Å². The molecule has 2 aromatic rings. The number of halogens is 1. The fourth-order valence-corrected chi connectivity index (χ4v) is 1.93. The van der Waals surface area contributed by atoms with Crippen molar-refractivity contribution in [3.8, 4) is 6.07 Å². The second-order valence-corrected chi connectivity index (χ2v) is 5.13. The quantitative estimate of drug-likeness (QED) is 0.451. The summed E-state index contributed by atoms with van der Waals surface area (Å²) in [6.45, 7) is 0. The van der Waals surface area contributed by atoms with Gasteiger partial charge in [0.15, 0.2) is 0 Å². The predicted molar refractivity (Wildman–Crippen MR) is 92.1 cm³/mol. The molecule has 0 fully saturated rings. The van der Waals surface area contributed by atoms with Crippen molar-refractivity contribution in [2.75, 3.05) is 11.1 Å². The molecule has 0 spiro atoms. The first-order valence-electron chi connectivity index (χ1n) is 6.84. The molecular formula is C17H13ClN4O2.